The largest absolute Gasteiger partial charge is 0.325 e. The molecule has 1 N–H and O–H groups in total. The second-order valence-corrected chi connectivity index (χ2v) is 8.05. The van der Waals surface area contributed by atoms with Crippen molar-refractivity contribution in [2.24, 2.45) is 0 Å². The van der Waals surface area contributed by atoms with Gasteiger partial charge in [-0.3, -0.25) is 4.79 Å². The maximum atomic E-state index is 11.4. The molecule has 2 heterocycles. The van der Waals surface area contributed by atoms with Gasteiger partial charge in [-0.1, -0.05) is 50.3 Å². The van der Waals surface area contributed by atoms with Crippen LogP contribution in [0.3, 0.4) is 0 Å². The van der Waals surface area contributed by atoms with Crippen molar-refractivity contribution in [2.75, 3.05) is 5.32 Å². The minimum absolute atomic E-state index is 0.0378. The zero-order valence-electron chi connectivity index (χ0n) is 12.7. The highest BCUT2D eigenvalue weighted by Crippen LogP contribution is 2.35. The van der Waals surface area contributed by atoms with Crippen molar-refractivity contribution < 1.29 is 4.79 Å². The zero-order chi connectivity index (χ0) is 15.9. The number of carbonyl (C=O) groups excluding carboxylic acids is 1. The number of hydrogen-bond donors (Lipinski definition) is 1. The molecule has 1 amide bonds. The molecule has 0 aliphatic carbocycles. The highest BCUT2D eigenvalue weighted by molar-refractivity contribution is 7.16. The maximum Gasteiger partial charge on any atom is 0.228 e. The fraction of sp³-hybridized carbons (Fsp3) is 0.278. The predicted molar refractivity (Wildman–Crippen MR) is 92.8 cm³/mol. The Bertz CT molecular complexity index is 818. The standard InChI is InChI=1S/C18H16ClNOS/c1-18(2,3)15-9-13(17(19)22-15)7-5-11-4-6-12-10-16(21)20-14(12)8-11/h4,6,8-9H,10H2,1-3H3,(H,20,21). The second-order valence-electron chi connectivity index (χ2n) is 6.39. The van der Waals surface area contributed by atoms with Crippen molar-refractivity contribution in [3.8, 4) is 11.8 Å². The van der Waals surface area contributed by atoms with Gasteiger partial charge in [0, 0.05) is 16.1 Å². The first kappa shape index (κ1) is 15.1. The zero-order valence-corrected chi connectivity index (χ0v) is 14.3. The van der Waals surface area contributed by atoms with Crippen LogP contribution in [0.4, 0.5) is 5.69 Å². The molecule has 2 nitrogen and oxygen atoms in total. The smallest absolute Gasteiger partial charge is 0.228 e. The minimum atomic E-state index is 0.0378. The Hall–Kier alpha value is -1.76. The molecule has 112 valence electrons. The first-order valence-electron chi connectivity index (χ1n) is 7.07. The normalized spacial score (nSPS) is 13.4. The van der Waals surface area contributed by atoms with E-state index >= 15 is 0 Å². The van der Waals surface area contributed by atoms with E-state index in [-0.39, 0.29) is 11.3 Å². The van der Waals surface area contributed by atoms with Crippen LogP contribution in [0.15, 0.2) is 24.3 Å². The summed E-state index contributed by atoms with van der Waals surface area (Å²) in [5, 5.41) is 2.84. The molecular formula is C18H16ClNOS. The molecule has 0 unspecified atom stereocenters. The van der Waals surface area contributed by atoms with Gasteiger partial charge in [-0.2, -0.15) is 0 Å². The van der Waals surface area contributed by atoms with Gasteiger partial charge >= 0.3 is 0 Å². The van der Waals surface area contributed by atoms with E-state index in [0.29, 0.717) is 6.42 Å². The molecule has 2 aromatic rings. The number of amides is 1. The van der Waals surface area contributed by atoms with Crippen molar-refractivity contribution in [3.63, 3.8) is 0 Å². The second kappa shape index (κ2) is 5.46. The summed E-state index contributed by atoms with van der Waals surface area (Å²) in [4.78, 5) is 12.6. The van der Waals surface area contributed by atoms with Crippen molar-refractivity contribution in [3.05, 3.63) is 50.2 Å². The third kappa shape index (κ3) is 3.04. The molecule has 0 fully saturated rings. The fourth-order valence-corrected chi connectivity index (χ4v) is 3.50. The summed E-state index contributed by atoms with van der Waals surface area (Å²) in [5.74, 6) is 6.31. The third-order valence-electron chi connectivity index (χ3n) is 3.50. The van der Waals surface area contributed by atoms with E-state index in [0.717, 1.165) is 26.7 Å². The van der Waals surface area contributed by atoms with Crippen LogP contribution in [0.5, 0.6) is 0 Å². The van der Waals surface area contributed by atoms with E-state index in [1.54, 1.807) is 11.3 Å². The molecule has 0 saturated carbocycles. The topological polar surface area (TPSA) is 29.1 Å². The molecule has 0 saturated heterocycles. The summed E-state index contributed by atoms with van der Waals surface area (Å²) in [6.07, 6.45) is 0.453. The molecule has 0 bridgehead atoms. The van der Waals surface area contributed by atoms with E-state index in [9.17, 15) is 4.79 Å². The molecule has 1 aromatic heterocycles. The van der Waals surface area contributed by atoms with Crippen LogP contribution >= 0.6 is 22.9 Å². The van der Waals surface area contributed by atoms with Gasteiger partial charge in [0.2, 0.25) is 5.91 Å². The molecule has 1 aliphatic rings. The summed E-state index contributed by atoms with van der Waals surface area (Å²) in [7, 11) is 0. The van der Waals surface area contributed by atoms with Crippen molar-refractivity contribution in [2.45, 2.75) is 32.6 Å². The molecule has 4 heteroatoms. The van der Waals surface area contributed by atoms with Crippen LogP contribution in [0.1, 0.15) is 42.3 Å². The highest BCUT2D eigenvalue weighted by Gasteiger charge is 2.19. The van der Waals surface area contributed by atoms with Gasteiger partial charge in [0.05, 0.1) is 12.0 Å². The third-order valence-corrected chi connectivity index (χ3v) is 5.29. The summed E-state index contributed by atoms with van der Waals surface area (Å²) in [6, 6.07) is 7.87. The van der Waals surface area contributed by atoms with E-state index in [1.807, 2.05) is 18.2 Å². The lowest BCUT2D eigenvalue weighted by Gasteiger charge is -2.14. The van der Waals surface area contributed by atoms with E-state index in [4.69, 9.17) is 11.6 Å². The Morgan fingerprint density at radius 2 is 2.00 bits per heavy atom. The van der Waals surface area contributed by atoms with E-state index < -0.39 is 0 Å². The van der Waals surface area contributed by atoms with E-state index in [2.05, 4.69) is 44.0 Å². The van der Waals surface area contributed by atoms with E-state index in [1.165, 1.54) is 4.88 Å². The summed E-state index contributed by atoms with van der Waals surface area (Å²) < 4.78 is 0.729. The number of rotatable bonds is 0. The van der Waals surface area contributed by atoms with Gasteiger partial charge in [-0.15, -0.1) is 11.3 Å². The molecule has 3 rings (SSSR count). The lowest BCUT2D eigenvalue weighted by Crippen LogP contribution is -2.07. The number of hydrogen-bond acceptors (Lipinski definition) is 2. The number of benzene rings is 1. The Kier molecular flexibility index (Phi) is 3.76. The number of anilines is 1. The molecular weight excluding hydrogens is 314 g/mol. The molecule has 0 atom stereocenters. The summed E-state index contributed by atoms with van der Waals surface area (Å²) in [6.45, 7) is 6.49. The number of carbonyl (C=O) groups is 1. The van der Waals surface area contributed by atoms with Crippen LogP contribution in [-0.4, -0.2) is 5.91 Å². The summed E-state index contributed by atoms with van der Waals surface area (Å²) in [5.41, 5.74) is 3.70. The SMILES string of the molecule is CC(C)(C)c1cc(C#Cc2ccc3c(c2)NC(=O)C3)c(Cl)s1. The Morgan fingerprint density at radius 1 is 1.23 bits per heavy atom. The van der Waals surface area contributed by atoms with Crippen LogP contribution in [0.25, 0.3) is 0 Å². The van der Waals surface area contributed by atoms with Crippen LogP contribution in [-0.2, 0) is 16.6 Å². The summed E-state index contributed by atoms with van der Waals surface area (Å²) >= 11 is 7.87. The van der Waals surface area contributed by atoms with Gasteiger partial charge < -0.3 is 5.32 Å². The molecule has 22 heavy (non-hydrogen) atoms. The number of halogens is 1. The first-order chi connectivity index (χ1) is 10.3. The predicted octanol–water partition coefficient (Wildman–Crippen LogP) is 4.59. The molecule has 0 radical (unpaired) electrons. The van der Waals surface area contributed by atoms with Gasteiger partial charge in [0.15, 0.2) is 0 Å². The monoisotopic (exact) mass is 329 g/mol. The highest BCUT2D eigenvalue weighted by atomic mass is 35.5. The quantitative estimate of drug-likeness (QED) is 0.703. The van der Waals surface area contributed by atoms with Gasteiger partial charge in [0.1, 0.15) is 4.34 Å². The average Bonchev–Trinajstić information content (AvgIpc) is 2.97. The average molecular weight is 330 g/mol. The van der Waals surface area contributed by atoms with Crippen molar-refractivity contribution in [1.82, 2.24) is 0 Å². The number of thiophene rings is 1. The number of fused-ring (bicyclic) bond motifs is 1. The van der Waals surface area contributed by atoms with Gasteiger partial charge in [-0.05, 0) is 29.2 Å². The Balaban J connectivity index is 1.89. The van der Waals surface area contributed by atoms with Crippen LogP contribution in [0, 0.1) is 11.8 Å². The Labute approximate surface area is 139 Å². The first-order valence-corrected chi connectivity index (χ1v) is 8.27. The van der Waals surface area contributed by atoms with Crippen LogP contribution < -0.4 is 5.32 Å². The van der Waals surface area contributed by atoms with Gasteiger partial charge in [0.25, 0.3) is 0 Å². The fourth-order valence-electron chi connectivity index (χ4n) is 2.26. The lowest BCUT2D eigenvalue weighted by molar-refractivity contribution is -0.115. The van der Waals surface area contributed by atoms with Crippen molar-refractivity contribution >= 4 is 34.5 Å². The van der Waals surface area contributed by atoms with Crippen LogP contribution in [0.2, 0.25) is 4.34 Å². The lowest BCUT2D eigenvalue weighted by atomic mass is 9.94. The molecule has 0 spiro atoms. The molecule has 1 aromatic carbocycles. The molecule has 1 aliphatic heterocycles. The maximum absolute atomic E-state index is 11.4. The Morgan fingerprint density at radius 3 is 2.68 bits per heavy atom. The van der Waals surface area contributed by atoms with Crippen molar-refractivity contribution in [1.29, 1.82) is 0 Å². The van der Waals surface area contributed by atoms with Gasteiger partial charge in [-0.25, -0.2) is 0 Å². The number of nitrogens with one attached hydrogen (secondary N) is 1. The minimum Gasteiger partial charge on any atom is -0.325 e.